The number of hydrogen-bond acceptors (Lipinski definition) is 2. The summed E-state index contributed by atoms with van der Waals surface area (Å²) in [6.45, 7) is 8.84. The lowest BCUT2D eigenvalue weighted by Gasteiger charge is -2.46. The number of piperidine rings is 1. The maximum Gasteiger partial charge on any atom is 0.125 e. The standard InChI is InChI=1S/C19H26N2OS/c1-18(2)12-16(13-19(3,4)21-18)20-23(22)17-10-9-14-7-5-6-8-15(14)11-17/h5-11,16,20-21H,12-13H2,1-4H3. The second kappa shape index (κ2) is 6.00. The van der Waals surface area contributed by atoms with Crippen molar-refractivity contribution in [3.05, 3.63) is 42.5 Å². The van der Waals surface area contributed by atoms with Crippen LogP contribution in [0.1, 0.15) is 40.5 Å². The number of benzene rings is 2. The van der Waals surface area contributed by atoms with Crippen LogP contribution in [0, 0.1) is 0 Å². The molecule has 0 radical (unpaired) electrons. The van der Waals surface area contributed by atoms with Crippen LogP contribution in [-0.4, -0.2) is 21.3 Å². The van der Waals surface area contributed by atoms with E-state index in [1.54, 1.807) is 0 Å². The van der Waals surface area contributed by atoms with Crippen LogP contribution in [0.25, 0.3) is 10.8 Å². The Hall–Kier alpha value is -1.23. The van der Waals surface area contributed by atoms with Gasteiger partial charge in [-0.25, -0.2) is 8.93 Å². The lowest BCUT2D eigenvalue weighted by atomic mass is 9.80. The summed E-state index contributed by atoms with van der Waals surface area (Å²) in [4.78, 5) is 0.845. The van der Waals surface area contributed by atoms with Crippen LogP contribution in [0.3, 0.4) is 0 Å². The first-order valence-electron chi connectivity index (χ1n) is 8.20. The Morgan fingerprint density at radius 2 is 1.61 bits per heavy atom. The monoisotopic (exact) mass is 330 g/mol. The molecule has 2 aromatic rings. The summed E-state index contributed by atoms with van der Waals surface area (Å²) < 4.78 is 16.1. The summed E-state index contributed by atoms with van der Waals surface area (Å²) in [6.07, 6.45) is 1.94. The highest BCUT2D eigenvalue weighted by atomic mass is 32.2. The average Bonchev–Trinajstić information content (AvgIpc) is 2.43. The van der Waals surface area contributed by atoms with Gasteiger partial charge in [0.25, 0.3) is 0 Å². The molecule has 1 saturated heterocycles. The van der Waals surface area contributed by atoms with Gasteiger partial charge in [0.15, 0.2) is 0 Å². The number of hydrogen-bond donors (Lipinski definition) is 2. The Morgan fingerprint density at radius 1 is 1.00 bits per heavy atom. The van der Waals surface area contributed by atoms with Gasteiger partial charge in [-0.3, -0.25) is 0 Å². The van der Waals surface area contributed by atoms with Gasteiger partial charge in [-0.15, -0.1) is 0 Å². The zero-order chi connectivity index (χ0) is 16.7. The maximum atomic E-state index is 12.8. The third-order valence-electron chi connectivity index (χ3n) is 4.40. The van der Waals surface area contributed by atoms with Gasteiger partial charge in [0.05, 0.1) is 4.90 Å². The van der Waals surface area contributed by atoms with Crippen LogP contribution >= 0.6 is 0 Å². The molecule has 1 aliphatic heterocycles. The predicted molar refractivity (Wildman–Crippen MR) is 97.8 cm³/mol. The molecule has 0 amide bonds. The van der Waals surface area contributed by atoms with E-state index in [0.717, 1.165) is 23.1 Å². The van der Waals surface area contributed by atoms with E-state index in [4.69, 9.17) is 0 Å². The van der Waals surface area contributed by atoms with Gasteiger partial charge < -0.3 is 5.32 Å². The fraction of sp³-hybridized carbons (Fsp3) is 0.474. The second-order valence-electron chi connectivity index (χ2n) is 7.89. The molecule has 2 aromatic carbocycles. The largest absolute Gasteiger partial charge is 0.307 e. The van der Waals surface area contributed by atoms with Gasteiger partial charge in [-0.2, -0.15) is 0 Å². The van der Waals surface area contributed by atoms with Gasteiger partial charge in [0.1, 0.15) is 11.0 Å². The first-order valence-corrected chi connectivity index (χ1v) is 9.35. The van der Waals surface area contributed by atoms with Crippen molar-refractivity contribution in [2.24, 2.45) is 0 Å². The van der Waals surface area contributed by atoms with Gasteiger partial charge in [0, 0.05) is 17.1 Å². The summed E-state index contributed by atoms with van der Waals surface area (Å²) in [5.41, 5.74) is 0.0972. The summed E-state index contributed by atoms with van der Waals surface area (Å²) in [5, 5.41) is 5.97. The predicted octanol–water partition coefficient (Wildman–Crippen LogP) is 3.76. The molecular weight excluding hydrogens is 304 g/mol. The van der Waals surface area contributed by atoms with Crippen molar-refractivity contribution in [1.82, 2.24) is 10.0 Å². The van der Waals surface area contributed by atoms with E-state index in [1.165, 1.54) is 5.39 Å². The fourth-order valence-corrected chi connectivity index (χ4v) is 4.94. The van der Waals surface area contributed by atoms with Gasteiger partial charge in [-0.1, -0.05) is 30.3 Å². The lowest BCUT2D eigenvalue weighted by Crippen LogP contribution is -2.61. The molecule has 0 bridgehead atoms. The molecule has 3 rings (SSSR count). The SMILES string of the molecule is CC1(C)CC(NS(=O)c2ccc3ccccc3c2)CC(C)(C)N1. The molecule has 1 aliphatic rings. The fourth-order valence-electron chi connectivity index (χ4n) is 3.91. The van der Waals surface area contributed by atoms with Crippen molar-refractivity contribution < 1.29 is 4.21 Å². The molecule has 0 aromatic heterocycles. The van der Waals surface area contributed by atoms with E-state index in [2.05, 4.69) is 49.9 Å². The molecule has 3 nitrogen and oxygen atoms in total. The minimum Gasteiger partial charge on any atom is -0.307 e. The first kappa shape index (κ1) is 16.6. The van der Waals surface area contributed by atoms with E-state index >= 15 is 0 Å². The van der Waals surface area contributed by atoms with Crippen LogP contribution < -0.4 is 10.0 Å². The quantitative estimate of drug-likeness (QED) is 0.899. The van der Waals surface area contributed by atoms with Crippen molar-refractivity contribution in [2.75, 3.05) is 0 Å². The Morgan fingerprint density at radius 3 is 2.26 bits per heavy atom. The van der Waals surface area contributed by atoms with E-state index < -0.39 is 11.0 Å². The summed E-state index contributed by atoms with van der Waals surface area (Å²) in [5.74, 6) is 0. The van der Waals surface area contributed by atoms with Crippen LogP contribution in [0.2, 0.25) is 0 Å². The number of nitrogens with one attached hydrogen (secondary N) is 2. The van der Waals surface area contributed by atoms with Crippen molar-refractivity contribution in [1.29, 1.82) is 0 Å². The molecule has 1 unspecified atom stereocenters. The Balaban J connectivity index is 1.77. The third kappa shape index (κ3) is 4.00. The highest BCUT2D eigenvalue weighted by Crippen LogP contribution is 2.29. The molecule has 1 fully saturated rings. The molecule has 2 N–H and O–H groups in total. The van der Waals surface area contributed by atoms with Crippen LogP contribution in [0.15, 0.2) is 47.4 Å². The molecule has 0 saturated carbocycles. The average molecular weight is 330 g/mol. The molecule has 0 aliphatic carbocycles. The zero-order valence-corrected chi connectivity index (χ0v) is 15.2. The third-order valence-corrected chi connectivity index (χ3v) is 5.63. The van der Waals surface area contributed by atoms with Crippen LogP contribution in [0.4, 0.5) is 0 Å². The van der Waals surface area contributed by atoms with Gasteiger partial charge in [0.2, 0.25) is 0 Å². The highest BCUT2D eigenvalue weighted by molar-refractivity contribution is 7.83. The van der Waals surface area contributed by atoms with E-state index in [0.29, 0.717) is 0 Å². The molecule has 1 atom stereocenters. The summed E-state index contributed by atoms with van der Waals surface area (Å²) >= 11 is 0. The lowest BCUT2D eigenvalue weighted by molar-refractivity contribution is 0.157. The smallest absolute Gasteiger partial charge is 0.125 e. The van der Waals surface area contributed by atoms with Crippen molar-refractivity contribution in [3.63, 3.8) is 0 Å². The Kier molecular flexibility index (Phi) is 4.34. The highest BCUT2D eigenvalue weighted by Gasteiger charge is 2.38. The van der Waals surface area contributed by atoms with Gasteiger partial charge in [-0.05, 0) is 63.4 Å². The van der Waals surface area contributed by atoms with Crippen molar-refractivity contribution >= 4 is 21.8 Å². The van der Waals surface area contributed by atoms with Crippen LogP contribution in [0.5, 0.6) is 0 Å². The minimum absolute atomic E-state index is 0.0486. The minimum atomic E-state index is -1.18. The Labute approximate surface area is 141 Å². The maximum absolute atomic E-state index is 12.8. The van der Waals surface area contributed by atoms with E-state index in [1.807, 2.05) is 30.3 Å². The molecule has 0 spiro atoms. The van der Waals surface area contributed by atoms with E-state index in [9.17, 15) is 4.21 Å². The van der Waals surface area contributed by atoms with Crippen LogP contribution in [-0.2, 0) is 11.0 Å². The Bertz CT molecular complexity index is 723. The van der Waals surface area contributed by atoms with Crippen molar-refractivity contribution in [3.8, 4) is 0 Å². The second-order valence-corrected chi connectivity index (χ2v) is 9.14. The molecule has 4 heteroatoms. The normalized spacial score (nSPS) is 22.1. The summed E-state index contributed by atoms with van der Waals surface area (Å²) in [7, 11) is -1.18. The molecular formula is C19H26N2OS. The van der Waals surface area contributed by atoms with Crippen molar-refractivity contribution in [2.45, 2.75) is 62.6 Å². The molecule has 1 heterocycles. The summed E-state index contributed by atoms with van der Waals surface area (Å²) in [6, 6.07) is 14.4. The zero-order valence-electron chi connectivity index (χ0n) is 14.3. The number of fused-ring (bicyclic) bond motifs is 1. The molecule has 23 heavy (non-hydrogen) atoms. The van der Waals surface area contributed by atoms with Gasteiger partial charge >= 0.3 is 0 Å². The topological polar surface area (TPSA) is 41.1 Å². The molecule has 124 valence electrons. The van der Waals surface area contributed by atoms with E-state index in [-0.39, 0.29) is 17.1 Å². The number of rotatable bonds is 3. The first-order chi connectivity index (χ1) is 10.7.